The lowest BCUT2D eigenvalue weighted by atomic mass is 9.92. The fourth-order valence-corrected chi connectivity index (χ4v) is 4.42. The highest BCUT2D eigenvalue weighted by Crippen LogP contribution is 2.36. The number of aryl methyl sites for hydroxylation is 4. The fraction of sp³-hybridized carbons (Fsp3) is 0.435. The largest absolute Gasteiger partial charge is 0.347 e. The third-order valence-electron chi connectivity index (χ3n) is 5.90. The maximum atomic E-state index is 4.57. The van der Waals surface area contributed by atoms with E-state index in [1.54, 1.807) is 0 Å². The molecule has 3 aromatic rings. The Morgan fingerprint density at radius 2 is 2.12 bits per heavy atom. The Morgan fingerprint density at radius 1 is 1.23 bits per heavy atom. The molecule has 1 atom stereocenters. The van der Waals surface area contributed by atoms with Crippen LogP contribution in [0.25, 0.3) is 10.9 Å². The predicted octanol–water partition coefficient (Wildman–Crippen LogP) is 4.65. The van der Waals surface area contributed by atoms with Crippen molar-refractivity contribution in [1.29, 1.82) is 0 Å². The first-order chi connectivity index (χ1) is 12.7. The van der Waals surface area contributed by atoms with Crippen LogP contribution in [-0.4, -0.2) is 16.1 Å². The van der Waals surface area contributed by atoms with Crippen molar-refractivity contribution < 1.29 is 0 Å². The molecule has 0 fully saturated rings. The maximum Gasteiger partial charge on any atom is 0.0483 e. The number of rotatable bonds is 4. The lowest BCUT2D eigenvalue weighted by Gasteiger charge is -2.18. The Morgan fingerprint density at radius 3 is 2.88 bits per heavy atom. The molecule has 3 nitrogen and oxygen atoms in total. The summed E-state index contributed by atoms with van der Waals surface area (Å²) in [5.74, 6) is 0.601. The lowest BCUT2D eigenvalue weighted by molar-refractivity contribution is 0.542. The summed E-state index contributed by atoms with van der Waals surface area (Å²) in [5, 5.41) is 5.07. The van der Waals surface area contributed by atoms with Gasteiger partial charge in [0.25, 0.3) is 0 Å². The molecule has 4 rings (SSSR count). The van der Waals surface area contributed by atoms with Crippen LogP contribution < -0.4 is 5.32 Å². The highest BCUT2D eigenvalue weighted by atomic mass is 15.0. The van der Waals surface area contributed by atoms with Crippen LogP contribution in [0.1, 0.15) is 53.8 Å². The number of nitrogens with one attached hydrogen (secondary N) is 1. The summed E-state index contributed by atoms with van der Waals surface area (Å²) < 4.78 is 2.44. The standard InChI is InChI=1S/C23H29N3/c1-4-19-9-7-17(14-25-19)6-8-18-11-12-24-15-21-20-13-16(2)5-10-22(20)26(3)23(18)21/h5,7,9-10,13-14,18,24H,4,6,8,11-12,15H2,1-3H3. The second-order valence-electron chi connectivity index (χ2n) is 7.66. The molecule has 26 heavy (non-hydrogen) atoms. The summed E-state index contributed by atoms with van der Waals surface area (Å²) in [6, 6.07) is 11.3. The highest BCUT2D eigenvalue weighted by molar-refractivity contribution is 5.86. The number of nitrogens with zero attached hydrogens (tertiary/aromatic N) is 2. The average Bonchev–Trinajstić information content (AvgIpc) is 2.82. The molecule has 1 unspecified atom stereocenters. The van der Waals surface area contributed by atoms with Crippen LogP contribution in [0.4, 0.5) is 0 Å². The van der Waals surface area contributed by atoms with E-state index in [1.165, 1.54) is 51.8 Å². The Bertz CT molecular complexity index is 905. The van der Waals surface area contributed by atoms with Gasteiger partial charge in [0.2, 0.25) is 0 Å². The first-order valence-corrected chi connectivity index (χ1v) is 9.89. The Hall–Kier alpha value is -2.13. The quantitative estimate of drug-likeness (QED) is 0.744. The van der Waals surface area contributed by atoms with Gasteiger partial charge in [-0.25, -0.2) is 0 Å². The van der Waals surface area contributed by atoms with E-state index in [0.29, 0.717) is 5.92 Å². The zero-order chi connectivity index (χ0) is 18.1. The smallest absolute Gasteiger partial charge is 0.0483 e. The Balaban J connectivity index is 1.64. The summed E-state index contributed by atoms with van der Waals surface area (Å²) in [6.07, 6.45) is 6.57. The molecule has 1 aliphatic heterocycles. The molecule has 0 bridgehead atoms. The molecule has 1 aromatic carbocycles. The van der Waals surface area contributed by atoms with Gasteiger partial charge in [-0.2, -0.15) is 0 Å². The minimum atomic E-state index is 0.601. The van der Waals surface area contributed by atoms with Crippen LogP contribution in [0.15, 0.2) is 36.5 Å². The van der Waals surface area contributed by atoms with Crippen LogP contribution in [0.2, 0.25) is 0 Å². The molecule has 3 heterocycles. The topological polar surface area (TPSA) is 29.9 Å². The molecule has 0 radical (unpaired) electrons. The van der Waals surface area contributed by atoms with Crippen LogP contribution in [0.3, 0.4) is 0 Å². The van der Waals surface area contributed by atoms with Crippen molar-refractivity contribution in [2.24, 2.45) is 7.05 Å². The van der Waals surface area contributed by atoms with Gasteiger partial charge in [0.05, 0.1) is 0 Å². The molecule has 2 aromatic heterocycles. The minimum Gasteiger partial charge on any atom is -0.347 e. The van der Waals surface area contributed by atoms with Gasteiger partial charge in [-0.05, 0) is 68.5 Å². The van der Waals surface area contributed by atoms with Crippen molar-refractivity contribution in [3.63, 3.8) is 0 Å². The summed E-state index contributed by atoms with van der Waals surface area (Å²) in [4.78, 5) is 4.57. The molecule has 0 spiro atoms. The first-order valence-electron chi connectivity index (χ1n) is 9.89. The van der Waals surface area contributed by atoms with Crippen molar-refractivity contribution >= 4 is 10.9 Å². The zero-order valence-corrected chi connectivity index (χ0v) is 16.2. The maximum absolute atomic E-state index is 4.57. The van der Waals surface area contributed by atoms with Gasteiger partial charge in [-0.15, -0.1) is 0 Å². The summed E-state index contributed by atoms with van der Waals surface area (Å²) in [5.41, 5.74) is 8.29. The van der Waals surface area contributed by atoms with Gasteiger partial charge in [-0.1, -0.05) is 24.6 Å². The van der Waals surface area contributed by atoms with E-state index in [2.05, 4.69) is 72.3 Å². The number of fused-ring (bicyclic) bond motifs is 3. The summed E-state index contributed by atoms with van der Waals surface area (Å²) in [6.45, 7) is 6.43. The van der Waals surface area contributed by atoms with E-state index < -0.39 is 0 Å². The van der Waals surface area contributed by atoms with Crippen molar-refractivity contribution in [3.05, 3.63) is 64.6 Å². The molecular weight excluding hydrogens is 318 g/mol. The van der Waals surface area contributed by atoms with Crippen LogP contribution in [-0.2, 0) is 26.4 Å². The normalized spacial score (nSPS) is 17.3. The molecule has 1 aliphatic rings. The molecule has 3 heteroatoms. The molecular formula is C23H29N3. The van der Waals surface area contributed by atoms with Gasteiger partial charge < -0.3 is 9.88 Å². The number of benzene rings is 1. The van der Waals surface area contributed by atoms with E-state index in [-0.39, 0.29) is 0 Å². The third kappa shape index (κ3) is 3.16. The van der Waals surface area contributed by atoms with Crippen LogP contribution >= 0.6 is 0 Å². The van der Waals surface area contributed by atoms with E-state index in [0.717, 1.165) is 25.9 Å². The van der Waals surface area contributed by atoms with Gasteiger partial charge in [0.1, 0.15) is 0 Å². The second kappa shape index (κ2) is 7.24. The highest BCUT2D eigenvalue weighted by Gasteiger charge is 2.24. The first kappa shape index (κ1) is 17.3. The average molecular weight is 348 g/mol. The molecule has 0 aliphatic carbocycles. The third-order valence-corrected chi connectivity index (χ3v) is 5.90. The second-order valence-corrected chi connectivity index (χ2v) is 7.66. The number of pyridine rings is 1. The number of hydrogen-bond acceptors (Lipinski definition) is 2. The molecule has 136 valence electrons. The van der Waals surface area contributed by atoms with Crippen molar-refractivity contribution in [3.8, 4) is 0 Å². The number of hydrogen-bond donors (Lipinski definition) is 1. The van der Waals surface area contributed by atoms with E-state index in [1.807, 2.05) is 0 Å². The van der Waals surface area contributed by atoms with Crippen LogP contribution in [0, 0.1) is 6.92 Å². The van der Waals surface area contributed by atoms with E-state index in [4.69, 9.17) is 0 Å². The SMILES string of the molecule is CCc1ccc(CCC2CCNCc3c2n(C)c2ccc(C)cc32)cn1. The van der Waals surface area contributed by atoms with E-state index in [9.17, 15) is 0 Å². The van der Waals surface area contributed by atoms with Crippen molar-refractivity contribution in [2.45, 2.75) is 52.0 Å². The monoisotopic (exact) mass is 347 g/mol. The lowest BCUT2D eigenvalue weighted by Crippen LogP contribution is -2.13. The summed E-state index contributed by atoms with van der Waals surface area (Å²) >= 11 is 0. The van der Waals surface area contributed by atoms with Crippen molar-refractivity contribution in [1.82, 2.24) is 14.9 Å². The number of aromatic nitrogens is 2. The van der Waals surface area contributed by atoms with Gasteiger partial charge in [0.15, 0.2) is 0 Å². The Labute approximate surface area is 156 Å². The molecule has 0 saturated carbocycles. The van der Waals surface area contributed by atoms with Gasteiger partial charge >= 0.3 is 0 Å². The molecule has 0 amide bonds. The molecule has 1 N–H and O–H groups in total. The fourth-order valence-electron chi connectivity index (χ4n) is 4.42. The molecule has 0 saturated heterocycles. The predicted molar refractivity (Wildman–Crippen MR) is 109 cm³/mol. The minimum absolute atomic E-state index is 0.601. The zero-order valence-electron chi connectivity index (χ0n) is 16.2. The van der Waals surface area contributed by atoms with Gasteiger partial charge in [0, 0.05) is 48.0 Å². The Kier molecular flexibility index (Phi) is 4.82. The van der Waals surface area contributed by atoms with E-state index >= 15 is 0 Å². The summed E-state index contributed by atoms with van der Waals surface area (Å²) in [7, 11) is 2.24. The van der Waals surface area contributed by atoms with Crippen molar-refractivity contribution in [2.75, 3.05) is 6.54 Å². The van der Waals surface area contributed by atoms with Crippen LogP contribution in [0.5, 0.6) is 0 Å². The van der Waals surface area contributed by atoms with Gasteiger partial charge in [-0.3, -0.25) is 4.98 Å².